The van der Waals surface area contributed by atoms with Crippen LogP contribution in [0.25, 0.3) is 0 Å². The van der Waals surface area contributed by atoms with Crippen LogP contribution in [0.1, 0.15) is 54.4 Å². The van der Waals surface area contributed by atoms with Crippen molar-refractivity contribution in [3.05, 3.63) is 35.4 Å². The zero-order valence-electron chi connectivity index (χ0n) is 13.0. The number of hydrogen-bond donors (Lipinski definition) is 2. The van der Waals surface area contributed by atoms with Gasteiger partial charge in [0.05, 0.1) is 0 Å². The number of Topliss-reactive ketones (excluding diaryl/α,β-unsaturated/α-hetero) is 1. The number of carbonyl (C=O) groups is 2. The first-order valence-electron chi connectivity index (χ1n) is 7.69. The Bertz CT molecular complexity index is 494. The number of halogens is 1. The Balaban J connectivity index is 0.00000242. The monoisotopic (exact) mass is 324 g/mol. The lowest BCUT2D eigenvalue weighted by molar-refractivity contribution is -0.122. The van der Waals surface area contributed by atoms with E-state index in [0.717, 1.165) is 31.2 Å². The first kappa shape index (κ1) is 18.7. The van der Waals surface area contributed by atoms with Crippen LogP contribution < -0.4 is 11.1 Å². The number of nitrogens with one attached hydrogen (secondary N) is 1. The second-order valence-electron chi connectivity index (χ2n) is 5.97. The maximum absolute atomic E-state index is 12.0. The van der Waals surface area contributed by atoms with Crippen molar-refractivity contribution < 1.29 is 9.59 Å². The molecule has 22 heavy (non-hydrogen) atoms. The average molecular weight is 325 g/mol. The van der Waals surface area contributed by atoms with Crippen LogP contribution in [-0.2, 0) is 4.79 Å². The van der Waals surface area contributed by atoms with Crippen LogP contribution in [0.5, 0.6) is 0 Å². The molecule has 0 aliphatic heterocycles. The molecule has 122 valence electrons. The summed E-state index contributed by atoms with van der Waals surface area (Å²) in [6.45, 7) is 1.98. The molecule has 1 amide bonds. The summed E-state index contributed by atoms with van der Waals surface area (Å²) < 4.78 is 0. The minimum absolute atomic E-state index is 0. The lowest BCUT2D eigenvalue weighted by Gasteiger charge is -2.26. The second kappa shape index (κ2) is 8.91. The van der Waals surface area contributed by atoms with E-state index >= 15 is 0 Å². The molecule has 0 saturated heterocycles. The number of carbonyl (C=O) groups excluding carboxylic acids is 2. The summed E-state index contributed by atoms with van der Waals surface area (Å²) in [6, 6.07) is 7.97. The first-order valence-corrected chi connectivity index (χ1v) is 7.69. The zero-order chi connectivity index (χ0) is 15.2. The lowest BCUT2D eigenvalue weighted by atomic mass is 9.91. The SMILES string of the molecule is Cc1ccc(C(=O)CCC(=O)NC2CCC(N)CC2)cc1.Cl. The summed E-state index contributed by atoms with van der Waals surface area (Å²) in [5, 5.41) is 3.01. The van der Waals surface area contributed by atoms with Gasteiger partial charge in [0.1, 0.15) is 0 Å². The molecular weight excluding hydrogens is 300 g/mol. The minimum Gasteiger partial charge on any atom is -0.353 e. The van der Waals surface area contributed by atoms with E-state index in [1.807, 2.05) is 31.2 Å². The van der Waals surface area contributed by atoms with E-state index in [9.17, 15) is 9.59 Å². The molecule has 0 unspecified atom stereocenters. The summed E-state index contributed by atoms with van der Waals surface area (Å²) in [5.74, 6) is -0.00764. The number of aryl methyl sites for hydroxylation is 1. The predicted octanol–water partition coefficient (Wildman–Crippen LogP) is 2.77. The quantitative estimate of drug-likeness (QED) is 0.818. The average Bonchev–Trinajstić information content (AvgIpc) is 2.48. The Morgan fingerprint density at radius 3 is 2.27 bits per heavy atom. The fraction of sp³-hybridized carbons (Fsp3) is 0.529. The number of hydrogen-bond acceptors (Lipinski definition) is 3. The second-order valence-corrected chi connectivity index (χ2v) is 5.97. The molecule has 0 aromatic heterocycles. The lowest BCUT2D eigenvalue weighted by Crippen LogP contribution is -2.40. The minimum atomic E-state index is -0.0315. The van der Waals surface area contributed by atoms with Gasteiger partial charge in [0.25, 0.3) is 0 Å². The van der Waals surface area contributed by atoms with Crippen LogP contribution >= 0.6 is 12.4 Å². The van der Waals surface area contributed by atoms with E-state index in [4.69, 9.17) is 5.73 Å². The highest BCUT2D eigenvalue weighted by atomic mass is 35.5. The number of nitrogens with two attached hydrogens (primary N) is 1. The van der Waals surface area contributed by atoms with Gasteiger partial charge >= 0.3 is 0 Å². The Hall–Kier alpha value is -1.39. The molecule has 1 aromatic carbocycles. The number of amides is 1. The van der Waals surface area contributed by atoms with E-state index in [0.29, 0.717) is 5.56 Å². The topological polar surface area (TPSA) is 72.2 Å². The maximum atomic E-state index is 12.0. The standard InChI is InChI=1S/C17H24N2O2.ClH/c1-12-2-4-13(5-3-12)16(20)10-11-17(21)19-15-8-6-14(18)7-9-15;/h2-5,14-15H,6-11,18H2,1H3,(H,19,21);1H. The third kappa shape index (κ3) is 5.78. The molecule has 2 rings (SSSR count). The normalized spacial score (nSPS) is 20.8. The van der Waals surface area contributed by atoms with Crippen LogP contribution in [0, 0.1) is 6.92 Å². The van der Waals surface area contributed by atoms with Gasteiger partial charge in [0, 0.05) is 30.5 Å². The fourth-order valence-corrected chi connectivity index (χ4v) is 2.67. The molecule has 0 radical (unpaired) electrons. The molecule has 5 heteroatoms. The fourth-order valence-electron chi connectivity index (χ4n) is 2.67. The van der Waals surface area contributed by atoms with Crippen molar-refractivity contribution in [2.75, 3.05) is 0 Å². The van der Waals surface area contributed by atoms with Crippen molar-refractivity contribution >= 4 is 24.1 Å². The van der Waals surface area contributed by atoms with E-state index < -0.39 is 0 Å². The van der Waals surface area contributed by atoms with Crippen LogP contribution in [0.2, 0.25) is 0 Å². The van der Waals surface area contributed by atoms with Gasteiger partial charge in [-0.05, 0) is 32.6 Å². The Labute approximate surface area is 138 Å². The smallest absolute Gasteiger partial charge is 0.220 e. The van der Waals surface area contributed by atoms with Crippen LogP contribution in [0.3, 0.4) is 0 Å². The van der Waals surface area contributed by atoms with Crippen molar-refractivity contribution in [1.82, 2.24) is 5.32 Å². The van der Waals surface area contributed by atoms with Gasteiger partial charge in [-0.1, -0.05) is 29.8 Å². The molecule has 1 aliphatic carbocycles. The van der Waals surface area contributed by atoms with Gasteiger partial charge in [-0.3, -0.25) is 9.59 Å². The van der Waals surface area contributed by atoms with Gasteiger partial charge in [-0.25, -0.2) is 0 Å². The Kier molecular flexibility index (Phi) is 7.56. The summed E-state index contributed by atoms with van der Waals surface area (Å²) in [7, 11) is 0. The van der Waals surface area contributed by atoms with Gasteiger partial charge < -0.3 is 11.1 Å². The van der Waals surface area contributed by atoms with Gasteiger partial charge in [-0.15, -0.1) is 12.4 Å². The summed E-state index contributed by atoms with van der Waals surface area (Å²) >= 11 is 0. The third-order valence-electron chi connectivity index (χ3n) is 4.09. The molecule has 0 atom stereocenters. The first-order chi connectivity index (χ1) is 10.0. The van der Waals surface area contributed by atoms with Crippen LogP contribution in [0.15, 0.2) is 24.3 Å². The molecule has 1 aliphatic rings. The van der Waals surface area contributed by atoms with E-state index in [1.165, 1.54) is 0 Å². The highest BCUT2D eigenvalue weighted by Gasteiger charge is 2.20. The van der Waals surface area contributed by atoms with E-state index in [2.05, 4.69) is 5.32 Å². The zero-order valence-corrected chi connectivity index (χ0v) is 13.8. The van der Waals surface area contributed by atoms with Crippen molar-refractivity contribution in [2.45, 2.75) is 57.5 Å². The molecule has 1 fully saturated rings. The highest BCUT2D eigenvalue weighted by molar-refractivity contribution is 5.97. The summed E-state index contributed by atoms with van der Waals surface area (Å²) in [6.07, 6.45) is 4.34. The summed E-state index contributed by atoms with van der Waals surface area (Å²) in [5.41, 5.74) is 7.65. The van der Waals surface area contributed by atoms with Crippen molar-refractivity contribution in [2.24, 2.45) is 5.73 Å². The largest absolute Gasteiger partial charge is 0.353 e. The molecule has 4 nitrogen and oxygen atoms in total. The Morgan fingerprint density at radius 2 is 1.68 bits per heavy atom. The molecule has 1 saturated carbocycles. The van der Waals surface area contributed by atoms with Crippen LogP contribution in [0.4, 0.5) is 0 Å². The van der Waals surface area contributed by atoms with Crippen LogP contribution in [-0.4, -0.2) is 23.8 Å². The number of benzene rings is 1. The molecular formula is C17H25ClN2O2. The molecule has 0 bridgehead atoms. The summed E-state index contributed by atoms with van der Waals surface area (Å²) in [4.78, 5) is 23.9. The number of rotatable bonds is 5. The van der Waals surface area contributed by atoms with Gasteiger partial charge in [0.15, 0.2) is 5.78 Å². The highest BCUT2D eigenvalue weighted by Crippen LogP contribution is 2.17. The maximum Gasteiger partial charge on any atom is 0.220 e. The molecule has 1 aromatic rings. The van der Waals surface area contributed by atoms with Crippen molar-refractivity contribution in [3.8, 4) is 0 Å². The van der Waals surface area contributed by atoms with Crippen molar-refractivity contribution in [1.29, 1.82) is 0 Å². The number of ketones is 1. The Morgan fingerprint density at radius 1 is 1.09 bits per heavy atom. The molecule has 0 heterocycles. The molecule has 0 spiro atoms. The third-order valence-corrected chi connectivity index (χ3v) is 4.09. The van der Waals surface area contributed by atoms with Gasteiger partial charge in [0.2, 0.25) is 5.91 Å². The van der Waals surface area contributed by atoms with E-state index in [-0.39, 0.29) is 49.0 Å². The van der Waals surface area contributed by atoms with E-state index in [1.54, 1.807) is 0 Å². The van der Waals surface area contributed by atoms with Crippen molar-refractivity contribution in [3.63, 3.8) is 0 Å². The van der Waals surface area contributed by atoms with Gasteiger partial charge in [-0.2, -0.15) is 0 Å². The predicted molar refractivity (Wildman–Crippen MR) is 90.4 cm³/mol. The molecule has 3 N–H and O–H groups in total.